The SMILES string of the molecule is CCOC(=O)C(=O)N1CCNC(=O)C1CC. The summed E-state index contributed by atoms with van der Waals surface area (Å²) in [4.78, 5) is 35.7. The Balaban J connectivity index is 2.72. The first-order chi connectivity index (χ1) is 7.61. The summed E-state index contributed by atoms with van der Waals surface area (Å²) in [6, 6.07) is -0.564. The molecule has 0 aliphatic carbocycles. The van der Waals surface area contributed by atoms with Crippen LogP contribution in [0.3, 0.4) is 0 Å². The van der Waals surface area contributed by atoms with Crippen molar-refractivity contribution >= 4 is 17.8 Å². The van der Waals surface area contributed by atoms with Gasteiger partial charge in [0, 0.05) is 13.1 Å². The van der Waals surface area contributed by atoms with Gasteiger partial charge in [-0.3, -0.25) is 9.59 Å². The third-order valence-corrected chi connectivity index (χ3v) is 2.43. The van der Waals surface area contributed by atoms with E-state index in [4.69, 9.17) is 0 Å². The van der Waals surface area contributed by atoms with E-state index >= 15 is 0 Å². The van der Waals surface area contributed by atoms with Crippen LogP contribution in [0.4, 0.5) is 0 Å². The van der Waals surface area contributed by atoms with Crippen LogP contribution < -0.4 is 5.32 Å². The average molecular weight is 228 g/mol. The van der Waals surface area contributed by atoms with Crippen molar-refractivity contribution in [3.05, 3.63) is 0 Å². The second-order valence-corrected chi connectivity index (χ2v) is 3.43. The molecule has 0 bridgehead atoms. The maximum Gasteiger partial charge on any atom is 0.397 e. The summed E-state index contributed by atoms with van der Waals surface area (Å²) in [5.41, 5.74) is 0. The van der Waals surface area contributed by atoms with Gasteiger partial charge in [0.15, 0.2) is 0 Å². The van der Waals surface area contributed by atoms with E-state index in [9.17, 15) is 14.4 Å². The second kappa shape index (κ2) is 5.48. The van der Waals surface area contributed by atoms with Gasteiger partial charge in [-0.1, -0.05) is 6.92 Å². The van der Waals surface area contributed by atoms with Gasteiger partial charge < -0.3 is 15.0 Å². The van der Waals surface area contributed by atoms with Gasteiger partial charge in [-0.2, -0.15) is 0 Å². The van der Waals surface area contributed by atoms with Crippen molar-refractivity contribution in [1.29, 1.82) is 0 Å². The molecule has 6 heteroatoms. The summed E-state index contributed by atoms with van der Waals surface area (Å²) in [5, 5.41) is 2.65. The van der Waals surface area contributed by atoms with E-state index in [0.717, 1.165) is 0 Å². The number of piperazine rings is 1. The molecule has 1 aliphatic rings. The highest BCUT2D eigenvalue weighted by Gasteiger charge is 2.35. The van der Waals surface area contributed by atoms with Crippen LogP contribution in [0.15, 0.2) is 0 Å². The zero-order chi connectivity index (χ0) is 12.1. The van der Waals surface area contributed by atoms with Crippen LogP contribution in [0.2, 0.25) is 0 Å². The molecule has 1 fully saturated rings. The van der Waals surface area contributed by atoms with Gasteiger partial charge in [0.2, 0.25) is 5.91 Å². The van der Waals surface area contributed by atoms with Crippen molar-refractivity contribution < 1.29 is 19.1 Å². The van der Waals surface area contributed by atoms with E-state index in [1.807, 2.05) is 0 Å². The van der Waals surface area contributed by atoms with Crippen LogP contribution in [-0.2, 0) is 19.1 Å². The van der Waals surface area contributed by atoms with Crippen molar-refractivity contribution in [3.63, 3.8) is 0 Å². The number of amides is 2. The predicted molar refractivity (Wildman–Crippen MR) is 55.4 cm³/mol. The Bertz CT molecular complexity index is 303. The molecule has 1 saturated heterocycles. The van der Waals surface area contributed by atoms with Gasteiger partial charge in [-0.25, -0.2) is 4.79 Å². The maximum atomic E-state index is 11.7. The minimum absolute atomic E-state index is 0.154. The number of esters is 1. The van der Waals surface area contributed by atoms with Gasteiger partial charge in [-0.15, -0.1) is 0 Å². The number of hydrogen-bond donors (Lipinski definition) is 1. The van der Waals surface area contributed by atoms with Crippen LogP contribution >= 0.6 is 0 Å². The molecule has 1 heterocycles. The van der Waals surface area contributed by atoms with E-state index in [0.29, 0.717) is 19.5 Å². The fourth-order valence-corrected chi connectivity index (χ4v) is 1.67. The van der Waals surface area contributed by atoms with Crippen LogP contribution in [0.25, 0.3) is 0 Å². The quantitative estimate of drug-likeness (QED) is 0.500. The smallest absolute Gasteiger partial charge is 0.397 e. The zero-order valence-electron chi connectivity index (χ0n) is 9.49. The third-order valence-electron chi connectivity index (χ3n) is 2.43. The summed E-state index contributed by atoms with van der Waals surface area (Å²) < 4.78 is 4.62. The van der Waals surface area contributed by atoms with Gasteiger partial charge in [0.05, 0.1) is 6.61 Å². The topological polar surface area (TPSA) is 75.7 Å². The highest BCUT2D eigenvalue weighted by atomic mass is 16.5. The minimum atomic E-state index is -0.893. The molecule has 16 heavy (non-hydrogen) atoms. The van der Waals surface area contributed by atoms with Crippen LogP contribution in [0.5, 0.6) is 0 Å². The first-order valence-corrected chi connectivity index (χ1v) is 5.37. The molecule has 0 aromatic carbocycles. The standard InChI is InChI=1S/C10H16N2O4/c1-3-7-8(13)11-5-6-12(7)9(14)10(15)16-4-2/h7H,3-6H2,1-2H3,(H,11,13). The molecule has 0 saturated carbocycles. The molecule has 2 amide bonds. The molecule has 1 rings (SSSR count). The Morgan fingerprint density at radius 1 is 1.50 bits per heavy atom. The number of nitrogens with zero attached hydrogens (tertiary/aromatic N) is 1. The summed E-state index contributed by atoms with van der Waals surface area (Å²) in [5.74, 6) is -1.84. The van der Waals surface area contributed by atoms with Crippen molar-refractivity contribution in [2.24, 2.45) is 0 Å². The van der Waals surface area contributed by atoms with Gasteiger partial charge in [0.1, 0.15) is 6.04 Å². The van der Waals surface area contributed by atoms with E-state index in [2.05, 4.69) is 10.1 Å². The Hall–Kier alpha value is -1.59. The molecule has 1 aliphatic heterocycles. The summed E-state index contributed by atoms with van der Waals surface area (Å²) in [6.07, 6.45) is 0.483. The van der Waals surface area contributed by atoms with Crippen molar-refractivity contribution in [2.75, 3.05) is 19.7 Å². The van der Waals surface area contributed by atoms with Crippen molar-refractivity contribution in [2.45, 2.75) is 26.3 Å². The monoisotopic (exact) mass is 228 g/mol. The van der Waals surface area contributed by atoms with Crippen molar-refractivity contribution in [1.82, 2.24) is 10.2 Å². The second-order valence-electron chi connectivity index (χ2n) is 3.43. The lowest BCUT2D eigenvalue weighted by Crippen LogP contribution is -2.58. The highest BCUT2D eigenvalue weighted by Crippen LogP contribution is 2.09. The van der Waals surface area contributed by atoms with E-state index < -0.39 is 17.9 Å². The number of rotatable bonds is 2. The number of nitrogens with one attached hydrogen (secondary N) is 1. The fraction of sp³-hybridized carbons (Fsp3) is 0.700. The molecule has 1 atom stereocenters. The van der Waals surface area contributed by atoms with E-state index in [1.54, 1.807) is 13.8 Å². The summed E-state index contributed by atoms with van der Waals surface area (Å²) >= 11 is 0. The molecular weight excluding hydrogens is 212 g/mol. The largest absolute Gasteiger partial charge is 0.459 e. The van der Waals surface area contributed by atoms with Crippen LogP contribution in [0, 0.1) is 0 Å². The van der Waals surface area contributed by atoms with Gasteiger partial charge in [-0.05, 0) is 13.3 Å². The number of ether oxygens (including phenoxy) is 1. The third kappa shape index (κ3) is 2.50. The lowest BCUT2D eigenvalue weighted by atomic mass is 10.1. The molecule has 90 valence electrons. The minimum Gasteiger partial charge on any atom is -0.459 e. The first-order valence-electron chi connectivity index (χ1n) is 5.37. The Labute approximate surface area is 93.9 Å². The molecule has 1 N–H and O–H groups in total. The molecule has 0 radical (unpaired) electrons. The molecule has 6 nitrogen and oxygen atoms in total. The summed E-state index contributed by atoms with van der Waals surface area (Å²) in [7, 11) is 0. The Morgan fingerprint density at radius 2 is 2.19 bits per heavy atom. The number of carbonyl (C=O) groups is 3. The molecule has 1 unspecified atom stereocenters. The first kappa shape index (κ1) is 12.5. The predicted octanol–water partition coefficient (Wildman–Crippen LogP) is -0.713. The van der Waals surface area contributed by atoms with Gasteiger partial charge in [0.25, 0.3) is 0 Å². The highest BCUT2D eigenvalue weighted by molar-refractivity contribution is 6.32. The Kier molecular flexibility index (Phi) is 4.28. The normalized spacial score (nSPS) is 20.2. The van der Waals surface area contributed by atoms with Gasteiger partial charge >= 0.3 is 11.9 Å². The van der Waals surface area contributed by atoms with Crippen molar-refractivity contribution in [3.8, 4) is 0 Å². The molecular formula is C10H16N2O4. The van der Waals surface area contributed by atoms with Crippen LogP contribution in [-0.4, -0.2) is 48.4 Å². The molecule has 0 aromatic rings. The lowest BCUT2D eigenvalue weighted by Gasteiger charge is -2.33. The molecule has 0 aromatic heterocycles. The lowest BCUT2D eigenvalue weighted by molar-refractivity contribution is -0.163. The zero-order valence-corrected chi connectivity index (χ0v) is 9.49. The number of carbonyl (C=O) groups excluding carboxylic acids is 3. The average Bonchev–Trinajstić information content (AvgIpc) is 2.28. The summed E-state index contributed by atoms with van der Waals surface area (Å²) in [6.45, 7) is 4.30. The van der Waals surface area contributed by atoms with Crippen LogP contribution in [0.1, 0.15) is 20.3 Å². The Morgan fingerprint density at radius 3 is 2.75 bits per heavy atom. The fourth-order valence-electron chi connectivity index (χ4n) is 1.67. The number of hydrogen-bond acceptors (Lipinski definition) is 4. The maximum absolute atomic E-state index is 11.7. The van der Waals surface area contributed by atoms with E-state index in [-0.39, 0.29) is 12.5 Å². The molecule has 0 spiro atoms. The van der Waals surface area contributed by atoms with E-state index in [1.165, 1.54) is 4.90 Å².